The van der Waals surface area contributed by atoms with Gasteiger partial charge in [-0.1, -0.05) is 243 Å². The zero-order chi connectivity index (χ0) is 66.0. The standard InChI is InChI=1S/C47H31N3.C45H28N4S/c1-3-11-32(12-4-1)33-19-21-34(22-20-33)43-26-25-38(31-48-43)50-45-18-10-8-16-40(45)42-30-36(24-28-47(42)50)35-23-27-46-41(29-35)39-15-7-9-17-44(39)49(46)37-13-5-2-6-14-37;1-3-12-29(13-4-1)43-46-44(30-14-5-2-6-15-30)48-45(47-43)33-16-11-17-34(26-33)49-39-20-9-7-18-35(39)37-27-31(22-24-40(37)49)32-23-25-42-38(28-32)36-19-8-10-21-41(36)50-42/h1-31H;1-28H. The number of aromatic nitrogens is 7. The summed E-state index contributed by atoms with van der Waals surface area (Å²) in [5, 5.41) is 10.0. The summed E-state index contributed by atoms with van der Waals surface area (Å²) in [5.41, 5.74) is 22.5. The molecule has 468 valence electrons. The van der Waals surface area contributed by atoms with Gasteiger partial charge in [-0.3, -0.25) is 4.98 Å². The number of fused-ring (bicyclic) bond motifs is 12. The number of nitrogens with zero attached hydrogens (tertiary/aromatic N) is 7. The molecule has 0 spiro atoms. The van der Waals surface area contributed by atoms with E-state index in [1.54, 1.807) is 0 Å². The molecule has 7 nitrogen and oxygen atoms in total. The van der Waals surface area contributed by atoms with Crippen LogP contribution in [0.4, 0.5) is 0 Å². The van der Waals surface area contributed by atoms with E-state index in [0.717, 1.165) is 50.4 Å². The van der Waals surface area contributed by atoms with Crippen LogP contribution < -0.4 is 0 Å². The maximum Gasteiger partial charge on any atom is 0.164 e. The minimum atomic E-state index is 0.638. The van der Waals surface area contributed by atoms with Gasteiger partial charge < -0.3 is 13.7 Å². The summed E-state index contributed by atoms with van der Waals surface area (Å²) in [6, 6.07) is 125. The second-order valence-corrected chi connectivity index (χ2v) is 26.4. The van der Waals surface area contributed by atoms with E-state index in [-0.39, 0.29) is 0 Å². The predicted molar refractivity (Wildman–Crippen MR) is 418 cm³/mol. The minimum absolute atomic E-state index is 0.638. The van der Waals surface area contributed by atoms with Crippen molar-refractivity contribution in [3.8, 4) is 95.9 Å². The van der Waals surface area contributed by atoms with Gasteiger partial charge in [0.25, 0.3) is 0 Å². The van der Waals surface area contributed by atoms with Gasteiger partial charge in [0.05, 0.1) is 50.7 Å². The molecule has 0 amide bonds. The van der Waals surface area contributed by atoms with Gasteiger partial charge in [-0.15, -0.1) is 11.3 Å². The Hall–Kier alpha value is -13.1. The van der Waals surface area contributed by atoms with Crippen LogP contribution in [0, 0.1) is 0 Å². The fourth-order valence-corrected chi connectivity index (χ4v) is 15.7. The molecular formula is C92H59N7S. The van der Waals surface area contributed by atoms with Crippen LogP contribution in [-0.4, -0.2) is 33.6 Å². The number of hydrogen-bond donors (Lipinski definition) is 0. The van der Waals surface area contributed by atoms with Crippen molar-refractivity contribution in [2.24, 2.45) is 0 Å². The van der Waals surface area contributed by atoms with Gasteiger partial charge in [-0.05, 0) is 143 Å². The van der Waals surface area contributed by atoms with Crippen molar-refractivity contribution in [3.63, 3.8) is 0 Å². The third-order valence-electron chi connectivity index (χ3n) is 19.4. The molecule has 100 heavy (non-hydrogen) atoms. The van der Waals surface area contributed by atoms with Crippen LogP contribution in [0.3, 0.4) is 0 Å². The van der Waals surface area contributed by atoms with Crippen molar-refractivity contribution >= 4 is 96.9 Å². The van der Waals surface area contributed by atoms with Crippen LogP contribution in [-0.2, 0) is 0 Å². The maximum absolute atomic E-state index is 5.00. The molecule has 0 aliphatic rings. The fraction of sp³-hybridized carbons (Fsp3) is 0. The molecular weight excluding hydrogens is 1240 g/mol. The van der Waals surface area contributed by atoms with Crippen LogP contribution in [0.25, 0.3) is 181 Å². The molecule has 0 aliphatic carbocycles. The molecule has 0 radical (unpaired) electrons. The average Bonchev–Trinajstić information content (AvgIpc) is 1.60. The Morgan fingerprint density at radius 3 is 1.08 bits per heavy atom. The van der Waals surface area contributed by atoms with E-state index in [4.69, 9.17) is 19.9 Å². The number of benzene rings is 14. The molecule has 0 saturated heterocycles. The lowest BCUT2D eigenvalue weighted by molar-refractivity contribution is 1.07. The predicted octanol–water partition coefficient (Wildman–Crippen LogP) is 24.3. The summed E-state index contributed by atoms with van der Waals surface area (Å²) in [6.07, 6.45) is 2.00. The molecule has 0 atom stereocenters. The topological polar surface area (TPSA) is 66.3 Å². The highest BCUT2D eigenvalue weighted by Crippen LogP contribution is 2.42. The molecule has 0 N–H and O–H groups in total. The summed E-state index contributed by atoms with van der Waals surface area (Å²) in [6.45, 7) is 0. The molecule has 0 saturated carbocycles. The SMILES string of the molecule is c1ccc(-c2ccc(-c3ccc(-n4c5ccccc5c5cc(-c6ccc7c(c6)c6ccccc6n7-c6ccccc6)ccc54)cn3)cc2)cc1.c1ccc(-c2nc(-c3ccccc3)nc(-c3cccc(-n4c5ccccc5c5cc(-c6ccc7sc8ccccc8c7c6)ccc54)c3)n2)cc1. The van der Waals surface area contributed by atoms with Gasteiger partial charge in [0, 0.05) is 86.1 Å². The third-order valence-corrected chi connectivity index (χ3v) is 20.6. The Morgan fingerprint density at radius 1 is 0.200 bits per heavy atom. The molecule has 14 aromatic carbocycles. The van der Waals surface area contributed by atoms with Crippen LogP contribution in [0.5, 0.6) is 0 Å². The van der Waals surface area contributed by atoms with E-state index in [1.807, 2.05) is 84.3 Å². The molecule has 20 aromatic rings. The fourth-order valence-electron chi connectivity index (χ4n) is 14.6. The molecule has 0 fully saturated rings. The smallest absolute Gasteiger partial charge is 0.164 e. The van der Waals surface area contributed by atoms with Crippen molar-refractivity contribution in [2.45, 2.75) is 0 Å². The van der Waals surface area contributed by atoms with Crippen LogP contribution in [0.15, 0.2) is 358 Å². The largest absolute Gasteiger partial charge is 0.309 e. The van der Waals surface area contributed by atoms with Crippen LogP contribution >= 0.6 is 11.3 Å². The van der Waals surface area contributed by atoms with E-state index in [9.17, 15) is 0 Å². The lowest BCUT2D eigenvalue weighted by Gasteiger charge is -2.12. The Balaban J connectivity index is 0.000000139. The van der Waals surface area contributed by atoms with Crippen molar-refractivity contribution in [2.75, 3.05) is 0 Å². The first-order valence-electron chi connectivity index (χ1n) is 33.7. The summed E-state index contributed by atoms with van der Waals surface area (Å²) in [5.74, 6) is 1.94. The normalized spacial score (nSPS) is 11.6. The van der Waals surface area contributed by atoms with Gasteiger partial charge in [-0.25, -0.2) is 15.0 Å². The summed E-state index contributed by atoms with van der Waals surface area (Å²) >= 11 is 1.85. The van der Waals surface area contributed by atoms with E-state index >= 15 is 0 Å². The molecule has 0 bridgehead atoms. The number of thiophene rings is 1. The Labute approximate surface area is 580 Å². The lowest BCUT2D eigenvalue weighted by atomic mass is 10.0. The average molecular weight is 1290 g/mol. The van der Waals surface area contributed by atoms with E-state index in [2.05, 4.69) is 299 Å². The van der Waals surface area contributed by atoms with Gasteiger partial charge in [0.2, 0.25) is 0 Å². The zero-order valence-corrected chi connectivity index (χ0v) is 54.9. The third kappa shape index (κ3) is 10.3. The van der Waals surface area contributed by atoms with Crippen molar-refractivity contribution in [1.82, 2.24) is 33.6 Å². The molecule has 6 heterocycles. The van der Waals surface area contributed by atoms with E-state index in [0.29, 0.717) is 17.5 Å². The second-order valence-electron chi connectivity index (χ2n) is 25.3. The highest BCUT2D eigenvalue weighted by atomic mass is 32.1. The summed E-state index contributed by atoms with van der Waals surface area (Å²) in [4.78, 5) is 19.8. The first-order valence-corrected chi connectivity index (χ1v) is 34.6. The number of hydrogen-bond acceptors (Lipinski definition) is 5. The van der Waals surface area contributed by atoms with E-state index < -0.39 is 0 Å². The van der Waals surface area contributed by atoms with Crippen molar-refractivity contribution in [1.29, 1.82) is 0 Å². The van der Waals surface area contributed by atoms with Gasteiger partial charge in [0.1, 0.15) is 0 Å². The van der Waals surface area contributed by atoms with Crippen LogP contribution in [0.1, 0.15) is 0 Å². The summed E-state index contributed by atoms with van der Waals surface area (Å²) in [7, 11) is 0. The maximum atomic E-state index is 5.00. The number of para-hydroxylation sites is 4. The highest BCUT2D eigenvalue weighted by molar-refractivity contribution is 7.25. The van der Waals surface area contributed by atoms with Gasteiger partial charge in [-0.2, -0.15) is 0 Å². The molecule has 20 rings (SSSR count). The Kier molecular flexibility index (Phi) is 14.3. The molecule has 8 heteroatoms. The van der Waals surface area contributed by atoms with E-state index in [1.165, 1.54) is 114 Å². The molecule has 0 unspecified atom stereocenters. The number of rotatable bonds is 10. The molecule has 6 aromatic heterocycles. The first-order chi connectivity index (χ1) is 49.6. The van der Waals surface area contributed by atoms with Crippen molar-refractivity contribution in [3.05, 3.63) is 358 Å². The van der Waals surface area contributed by atoms with Gasteiger partial charge in [0.15, 0.2) is 17.5 Å². The van der Waals surface area contributed by atoms with Gasteiger partial charge >= 0.3 is 0 Å². The Bertz CT molecular complexity index is 6430. The molecule has 0 aliphatic heterocycles. The number of pyridine rings is 1. The zero-order valence-electron chi connectivity index (χ0n) is 54.1. The van der Waals surface area contributed by atoms with Crippen molar-refractivity contribution < 1.29 is 0 Å². The van der Waals surface area contributed by atoms with Crippen LogP contribution in [0.2, 0.25) is 0 Å². The lowest BCUT2D eigenvalue weighted by Crippen LogP contribution is -2.01. The quantitative estimate of drug-likeness (QED) is 0.137. The summed E-state index contributed by atoms with van der Waals surface area (Å²) < 4.78 is 9.69. The minimum Gasteiger partial charge on any atom is -0.309 e. The first kappa shape index (κ1) is 58.2. The Morgan fingerprint density at radius 2 is 0.560 bits per heavy atom. The highest BCUT2D eigenvalue weighted by Gasteiger charge is 2.20. The second kappa shape index (κ2) is 24.5. The monoisotopic (exact) mass is 1290 g/mol.